The Hall–Kier alpha value is -0.330. The van der Waals surface area contributed by atoms with Gasteiger partial charge in [0, 0.05) is 11.3 Å². The van der Waals surface area contributed by atoms with Gasteiger partial charge in [-0.25, -0.2) is 0 Å². The minimum atomic E-state index is 0.157. The summed E-state index contributed by atoms with van der Waals surface area (Å²) in [4.78, 5) is 12.8. The zero-order chi connectivity index (χ0) is 11.7. The van der Waals surface area contributed by atoms with Gasteiger partial charge in [-0.1, -0.05) is 13.3 Å². The highest BCUT2D eigenvalue weighted by Gasteiger charge is 2.59. The summed E-state index contributed by atoms with van der Waals surface area (Å²) in [5.74, 6) is 2.95. The van der Waals surface area contributed by atoms with Crippen molar-refractivity contribution in [2.45, 2.75) is 64.7 Å². The van der Waals surface area contributed by atoms with Crippen LogP contribution in [-0.4, -0.2) is 5.78 Å². The van der Waals surface area contributed by atoms with E-state index in [2.05, 4.69) is 6.92 Å². The average molecular weight is 232 g/mol. The molecule has 5 aliphatic rings. The maximum Gasteiger partial charge on any atom is 0.142 e. The third kappa shape index (κ3) is 1.40. The number of carbonyl (C=O) groups excluding carboxylic acids is 1. The van der Waals surface area contributed by atoms with E-state index < -0.39 is 0 Å². The highest BCUT2D eigenvalue weighted by atomic mass is 16.1. The van der Waals surface area contributed by atoms with Crippen molar-refractivity contribution in [1.29, 1.82) is 0 Å². The minimum absolute atomic E-state index is 0.157. The van der Waals surface area contributed by atoms with Crippen LogP contribution in [0.25, 0.3) is 0 Å². The molecule has 2 atom stereocenters. The summed E-state index contributed by atoms with van der Waals surface area (Å²) in [7, 11) is 0. The number of carbonyl (C=O) groups is 1. The molecule has 0 aromatic rings. The van der Waals surface area contributed by atoms with Crippen LogP contribution in [0.3, 0.4) is 0 Å². The molecule has 0 amide bonds. The number of rotatable bonds is 2. The summed E-state index contributed by atoms with van der Waals surface area (Å²) in [6.07, 6.45) is 11.7. The summed E-state index contributed by atoms with van der Waals surface area (Å²) in [5.41, 5.74) is 0.688. The van der Waals surface area contributed by atoms with Gasteiger partial charge in [0.15, 0.2) is 0 Å². The lowest BCUT2D eigenvalue weighted by Crippen LogP contribution is -2.55. The van der Waals surface area contributed by atoms with Crippen LogP contribution >= 0.6 is 0 Å². The quantitative estimate of drug-likeness (QED) is 0.704. The van der Waals surface area contributed by atoms with E-state index in [9.17, 15) is 4.79 Å². The van der Waals surface area contributed by atoms with Gasteiger partial charge in [0.05, 0.1) is 0 Å². The molecule has 1 nitrogen and oxygen atoms in total. The van der Waals surface area contributed by atoms with Crippen LogP contribution in [0.1, 0.15) is 64.7 Å². The van der Waals surface area contributed by atoms with Crippen LogP contribution in [0.15, 0.2) is 0 Å². The summed E-state index contributed by atoms with van der Waals surface area (Å²) >= 11 is 0. The normalized spacial score (nSPS) is 52.5. The molecule has 0 aromatic heterocycles. The lowest BCUT2D eigenvalue weighted by molar-refractivity contribution is -0.159. The fourth-order valence-electron chi connectivity index (χ4n) is 6.11. The third-order valence-corrected chi connectivity index (χ3v) is 6.35. The SMILES string of the molecule is CC12CC3CC(C1)CC(C(=O)C1CCC1)(C3)C2. The highest BCUT2D eigenvalue weighted by molar-refractivity contribution is 5.88. The molecule has 0 aromatic carbocycles. The summed E-state index contributed by atoms with van der Waals surface area (Å²) in [5, 5.41) is 0. The summed E-state index contributed by atoms with van der Waals surface area (Å²) < 4.78 is 0. The molecule has 5 aliphatic carbocycles. The second-order valence-corrected chi connectivity index (χ2v) is 8.04. The maximum atomic E-state index is 12.8. The average Bonchev–Trinajstić information content (AvgIpc) is 2.10. The zero-order valence-corrected chi connectivity index (χ0v) is 11.0. The van der Waals surface area contributed by atoms with Crippen molar-refractivity contribution in [2.75, 3.05) is 0 Å². The Morgan fingerprint density at radius 2 is 1.71 bits per heavy atom. The molecule has 17 heavy (non-hydrogen) atoms. The number of hydrogen-bond acceptors (Lipinski definition) is 1. The van der Waals surface area contributed by atoms with Crippen LogP contribution in [0.5, 0.6) is 0 Å². The van der Waals surface area contributed by atoms with Crippen LogP contribution in [0.2, 0.25) is 0 Å². The van der Waals surface area contributed by atoms with Crippen molar-refractivity contribution in [3.05, 3.63) is 0 Å². The predicted octanol–water partition coefficient (Wildman–Crippen LogP) is 3.96. The standard InChI is InChI=1S/C16H24O/c1-15-6-11-5-12(7-15)9-16(8-11,10-15)14(17)13-3-2-4-13/h11-13H,2-10H2,1H3. The highest BCUT2D eigenvalue weighted by Crippen LogP contribution is 2.66. The van der Waals surface area contributed by atoms with Gasteiger partial charge in [0.1, 0.15) is 5.78 Å². The van der Waals surface area contributed by atoms with E-state index in [0.29, 0.717) is 17.1 Å². The number of ketones is 1. The van der Waals surface area contributed by atoms with E-state index >= 15 is 0 Å². The minimum Gasteiger partial charge on any atom is -0.299 e. The van der Waals surface area contributed by atoms with Gasteiger partial charge in [-0.05, 0) is 68.6 Å². The van der Waals surface area contributed by atoms with Crippen LogP contribution < -0.4 is 0 Å². The van der Waals surface area contributed by atoms with Crippen molar-refractivity contribution >= 4 is 5.78 Å². The predicted molar refractivity (Wildman–Crippen MR) is 67.6 cm³/mol. The van der Waals surface area contributed by atoms with Crippen molar-refractivity contribution in [2.24, 2.45) is 28.6 Å². The van der Waals surface area contributed by atoms with Crippen LogP contribution in [0, 0.1) is 28.6 Å². The molecule has 1 heteroatoms. The number of Topliss-reactive ketones (excluding diaryl/α,β-unsaturated/α-hetero) is 1. The second kappa shape index (κ2) is 3.16. The van der Waals surface area contributed by atoms with Crippen molar-refractivity contribution in [3.8, 4) is 0 Å². The molecule has 5 saturated carbocycles. The fourth-order valence-corrected chi connectivity index (χ4v) is 6.11. The monoisotopic (exact) mass is 232 g/mol. The van der Waals surface area contributed by atoms with Gasteiger partial charge < -0.3 is 0 Å². The van der Waals surface area contributed by atoms with Crippen molar-refractivity contribution < 1.29 is 4.79 Å². The topological polar surface area (TPSA) is 17.1 Å². The largest absolute Gasteiger partial charge is 0.299 e. The lowest BCUT2D eigenvalue weighted by Gasteiger charge is -2.61. The molecule has 0 N–H and O–H groups in total. The molecule has 4 bridgehead atoms. The van der Waals surface area contributed by atoms with E-state index in [1.807, 2.05) is 0 Å². The van der Waals surface area contributed by atoms with E-state index in [4.69, 9.17) is 0 Å². The third-order valence-electron chi connectivity index (χ3n) is 6.35. The lowest BCUT2D eigenvalue weighted by atomic mass is 9.42. The molecule has 0 heterocycles. The molecule has 0 spiro atoms. The fraction of sp³-hybridized carbons (Fsp3) is 0.938. The zero-order valence-electron chi connectivity index (χ0n) is 11.0. The molecule has 5 fully saturated rings. The molecule has 94 valence electrons. The first-order valence-electron chi connectivity index (χ1n) is 7.63. The van der Waals surface area contributed by atoms with Gasteiger partial charge in [-0.2, -0.15) is 0 Å². The summed E-state index contributed by atoms with van der Waals surface area (Å²) in [6.45, 7) is 2.47. The van der Waals surface area contributed by atoms with Crippen molar-refractivity contribution in [3.63, 3.8) is 0 Å². The Morgan fingerprint density at radius 3 is 2.18 bits per heavy atom. The number of hydrogen-bond donors (Lipinski definition) is 0. The molecule has 0 saturated heterocycles. The Balaban J connectivity index is 1.66. The molecule has 2 unspecified atom stereocenters. The molecular weight excluding hydrogens is 208 g/mol. The van der Waals surface area contributed by atoms with Gasteiger partial charge in [-0.3, -0.25) is 4.79 Å². The van der Waals surface area contributed by atoms with Crippen LogP contribution in [0.4, 0.5) is 0 Å². The first-order valence-corrected chi connectivity index (χ1v) is 7.63. The first kappa shape index (κ1) is 10.6. The summed E-state index contributed by atoms with van der Waals surface area (Å²) in [6, 6.07) is 0. The Morgan fingerprint density at radius 1 is 1.06 bits per heavy atom. The van der Waals surface area contributed by atoms with Gasteiger partial charge in [0.2, 0.25) is 0 Å². The maximum absolute atomic E-state index is 12.8. The Labute approximate surface area is 104 Å². The van der Waals surface area contributed by atoms with E-state index in [-0.39, 0.29) is 5.41 Å². The van der Waals surface area contributed by atoms with Gasteiger partial charge >= 0.3 is 0 Å². The van der Waals surface area contributed by atoms with E-state index in [0.717, 1.165) is 11.8 Å². The molecule has 0 aliphatic heterocycles. The second-order valence-electron chi connectivity index (χ2n) is 8.04. The van der Waals surface area contributed by atoms with Crippen LogP contribution in [-0.2, 0) is 4.79 Å². The molecule has 0 radical (unpaired) electrons. The Kier molecular flexibility index (Phi) is 1.97. The van der Waals surface area contributed by atoms with Gasteiger partial charge in [0.25, 0.3) is 0 Å². The van der Waals surface area contributed by atoms with Crippen molar-refractivity contribution in [1.82, 2.24) is 0 Å². The van der Waals surface area contributed by atoms with E-state index in [1.165, 1.54) is 57.8 Å². The van der Waals surface area contributed by atoms with Gasteiger partial charge in [-0.15, -0.1) is 0 Å². The smallest absolute Gasteiger partial charge is 0.142 e. The molecule has 5 rings (SSSR count). The molecular formula is C16H24O. The first-order chi connectivity index (χ1) is 8.09. The Bertz CT molecular complexity index is 352. The van der Waals surface area contributed by atoms with E-state index in [1.54, 1.807) is 0 Å².